The van der Waals surface area contributed by atoms with Crippen molar-refractivity contribution < 1.29 is 19.0 Å². The number of benzene rings is 2. The van der Waals surface area contributed by atoms with Crippen molar-refractivity contribution in [1.82, 2.24) is 5.32 Å². The second kappa shape index (κ2) is 8.92. The first-order chi connectivity index (χ1) is 12.6. The molecule has 4 nitrogen and oxygen atoms in total. The van der Waals surface area contributed by atoms with E-state index in [1.165, 1.54) is 28.2 Å². The molecule has 2 aromatic carbocycles. The van der Waals surface area contributed by atoms with Gasteiger partial charge in [-0.05, 0) is 24.6 Å². The molecule has 2 aromatic rings. The SMILES string of the molecule is Cc1cccc(C[NH+]2CC[NH+](CC(=O)NCc3ccc(F)cc3)CC2)c1. The molecule has 0 aliphatic carbocycles. The second-order valence-electron chi connectivity index (χ2n) is 7.25. The third-order valence-electron chi connectivity index (χ3n) is 5.01. The van der Waals surface area contributed by atoms with E-state index in [9.17, 15) is 9.18 Å². The Balaban J connectivity index is 1.38. The summed E-state index contributed by atoms with van der Waals surface area (Å²) in [5, 5.41) is 2.93. The Kier molecular flexibility index (Phi) is 6.36. The lowest BCUT2D eigenvalue weighted by Gasteiger charge is -2.29. The summed E-state index contributed by atoms with van der Waals surface area (Å²) >= 11 is 0. The number of piperazine rings is 1. The van der Waals surface area contributed by atoms with E-state index < -0.39 is 0 Å². The van der Waals surface area contributed by atoms with Crippen molar-refractivity contribution in [2.24, 2.45) is 0 Å². The van der Waals surface area contributed by atoms with Gasteiger partial charge in [0.05, 0.1) is 0 Å². The van der Waals surface area contributed by atoms with Gasteiger partial charge in [0.1, 0.15) is 38.5 Å². The number of carbonyl (C=O) groups excluding carboxylic acids is 1. The quantitative estimate of drug-likeness (QED) is 0.655. The molecule has 1 heterocycles. The van der Waals surface area contributed by atoms with Gasteiger partial charge in [0.25, 0.3) is 5.91 Å². The van der Waals surface area contributed by atoms with Crippen LogP contribution in [0.3, 0.4) is 0 Å². The standard InChI is InChI=1S/C21H26FN3O/c1-17-3-2-4-19(13-17)15-24-9-11-25(12-10-24)16-21(26)23-14-18-5-7-20(22)8-6-18/h2-8,13H,9-12,14-16H2,1H3,(H,23,26)/p+2. The Hall–Kier alpha value is -2.24. The highest BCUT2D eigenvalue weighted by Gasteiger charge is 2.24. The predicted octanol–water partition coefficient (Wildman–Crippen LogP) is -0.266. The molecule has 1 amide bonds. The Morgan fingerprint density at radius 1 is 1.00 bits per heavy atom. The molecule has 0 radical (unpaired) electrons. The van der Waals surface area contributed by atoms with Crippen LogP contribution in [-0.4, -0.2) is 38.6 Å². The number of nitrogens with one attached hydrogen (secondary N) is 3. The highest BCUT2D eigenvalue weighted by atomic mass is 19.1. The van der Waals surface area contributed by atoms with Crippen molar-refractivity contribution in [2.75, 3.05) is 32.7 Å². The second-order valence-corrected chi connectivity index (χ2v) is 7.25. The van der Waals surface area contributed by atoms with Crippen molar-refractivity contribution in [3.8, 4) is 0 Å². The summed E-state index contributed by atoms with van der Waals surface area (Å²) in [4.78, 5) is 15.1. The maximum absolute atomic E-state index is 12.9. The molecule has 26 heavy (non-hydrogen) atoms. The number of carbonyl (C=O) groups is 1. The van der Waals surface area contributed by atoms with Crippen LogP contribution >= 0.6 is 0 Å². The van der Waals surface area contributed by atoms with Crippen molar-refractivity contribution in [3.63, 3.8) is 0 Å². The largest absolute Gasteiger partial charge is 0.347 e. The van der Waals surface area contributed by atoms with Crippen LogP contribution in [0.1, 0.15) is 16.7 Å². The molecule has 138 valence electrons. The van der Waals surface area contributed by atoms with Crippen molar-refractivity contribution in [1.29, 1.82) is 0 Å². The van der Waals surface area contributed by atoms with E-state index >= 15 is 0 Å². The summed E-state index contributed by atoms with van der Waals surface area (Å²) in [6.07, 6.45) is 0. The number of hydrogen-bond donors (Lipinski definition) is 3. The zero-order valence-electron chi connectivity index (χ0n) is 15.4. The summed E-state index contributed by atoms with van der Waals surface area (Å²) in [6, 6.07) is 15.0. The minimum Gasteiger partial charge on any atom is -0.347 e. The lowest BCUT2D eigenvalue weighted by molar-refractivity contribution is -1.02. The molecule has 0 unspecified atom stereocenters. The van der Waals surface area contributed by atoms with Crippen molar-refractivity contribution in [2.45, 2.75) is 20.0 Å². The van der Waals surface area contributed by atoms with E-state index in [4.69, 9.17) is 0 Å². The van der Waals surface area contributed by atoms with Gasteiger partial charge in [0.2, 0.25) is 0 Å². The molecule has 1 aliphatic heterocycles. The predicted molar refractivity (Wildman–Crippen MR) is 99.4 cm³/mol. The molecular formula is C21H28FN3O+2. The van der Waals surface area contributed by atoms with Gasteiger partial charge in [0, 0.05) is 12.1 Å². The zero-order chi connectivity index (χ0) is 18.4. The van der Waals surface area contributed by atoms with Crippen LogP contribution in [0.5, 0.6) is 0 Å². The van der Waals surface area contributed by atoms with Crippen LogP contribution in [0.15, 0.2) is 48.5 Å². The summed E-state index contributed by atoms with van der Waals surface area (Å²) < 4.78 is 12.9. The van der Waals surface area contributed by atoms with Gasteiger partial charge in [-0.15, -0.1) is 0 Å². The maximum Gasteiger partial charge on any atom is 0.275 e. The van der Waals surface area contributed by atoms with Gasteiger partial charge in [-0.1, -0.05) is 42.0 Å². The highest BCUT2D eigenvalue weighted by Crippen LogP contribution is 2.02. The molecule has 0 spiro atoms. The lowest BCUT2D eigenvalue weighted by Crippen LogP contribution is -3.28. The third-order valence-corrected chi connectivity index (χ3v) is 5.01. The lowest BCUT2D eigenvalue weighted by atomic mass is 10.1. The maximum atomic E-state index is 12.9. The van der Waals surface area contributed by atoms with E-state index in [0.717, 1.165) is 38.3 Å². The van der Waals surface area contributed by atoms with Crippen LogP contribution in [0.2, 0.25) is 0 Å². The van der Waals surface area contributed by atoms with Gasteiger partial charge in [-0.25, -0.2) is 4.39 Å². The Morgan fingerprint density at radius 3 is 2.38 bits per heavy atom. The van der Waals surface area contributed by atoms with Crippen LogP contribution in [-0.2, 0) is 17.9 Å². The third kappa shape index (κ3) is 5.64. The number of amides is 1. The number of rotatable bonds is 6. The smallest absolute Gasteiger partial charge is 0.275 e. The minimum absolute atomic E-state index is 0.0615. The molecule has 1 saturated heterocycles. The van der Waals surface area contributed by atoms with E-state index in [1.807, 2.05) is 0 Å². The molecule has 0 saturated carbocycles. The molecule has 0 aromatic heterocycles. The first kappa shape index (κ1) is 18.5. The molecule has 0 atom stereocenters. The minimum atomic E-state index is -0.254. The van der Waals surface area contributed by atoms with Gasteiger partial charge in [-0.2, -0.15) is 0 Å². The molecule has 1 fully saturated rings. The monoisotopic (exact) mass is 357 g/mol. The molecule has 0 bridgehead atoms. The average Bonchev–Trinajstić information content (AvgIpc) is 2.63. The zero-order valence-corrected chi connectivity index (χ0v) is 15.4. The van der Waals surface area contributed by atoms with Gasteiger partial charge >= 0.3 is 0 Å². The Labute approximate surface area is 154 Å². The van der Waals surface area contributed by atoms with Crippen LogP contribution in [0, 0.1) is 12.7 Å². The summed E-state index contributed by atoms with van der Waals surface area (Å²) in [5.74, 6) is -0.193. The summed E-state index contributed by atoms with van der Waals surface area (Å²) in [6.45, 7) is 8.38. The number of halogens is 1. The molecule has 1 aliphatic rings. The van der Waals surface area contributed by atoms with E-state index in [2.05, 4.69) is 36.5 Å². The molecule has 3 rings (SSSR count). The average molecular weight is 357 g/mol. The normalized spacial score (nSPS) is 19.9. The highest BCUT2D eigenvalue weighted by molar-refractivity contribution is 5.76. The van der Waals surface area contributed by atoms with Gasteiger partial charge in [0.15, 0.2) is 6.54 Å². The number of hydrogen-bond acceptors (Lipinski definition) is 1. The number of aryl methyl sites for hydroxylation is 1. The molecule has 5 heteroatoms. The topological polar surface area (TPSA) is 38.0 Å². The summed E-state index contributed by atoms with van der Waals surface area (Å²) in [7, 11) is 0. The fourth-order valence-electron chi connectivity index (χ4n) is 3.51. The van der Waals surface area contributed by atoms with E-state index in [0.29, 0.717) is 13.1 Å². The van der Waals surface area contributed by atoms with Gasteiger partial charge < -0.3 is 15.1 Å². The fraction of sp³-hybridized carbons (Fsp3) is 0.381. The number of quaternary nitrogens is 2. The van der Waals surface area contributed by atoms with Gasteiger partial charge in [-0.3, -0.25) is 4.79 Å². The van der Waals surface area contributed by atoms with E-state index in [-0.39, 0.29) is 11.7 Å². The fourth-order valence-corrected chi connectivity index (χ4v) is 3.51. The van der Waals surface area contributed by atoms with Crippen LogP contribution < -0.4 is 15.1 Å². The molecular weight excluding hydrogens is 329 g/mol. The first-order valence-electron chi connectivity index (χ1n) is 9.32. The van der Waals surface area contributed by atoms with Crippen molar-refractivity contribution >= 4 is 5.91 Å². The first-order valence-corrected chi connectivity index (χ1v) is 9.32. The molecule has 3 N–H and O–H groups in total. The van der Waals surface area contributed by atoms with E-state index in [1.54, 1.807) is 17.0 Å². The van der Waals surface area contributed by atoms with Crippen molar-refractivity contribution in [3.05, 3.63) is 71.0 Å². The van der Waals surface area contributed by atoms with Crippen LogP contribution in [0.4, 0.5) is 4.39 Å². The Morgan fingerprint density at radius 2 is 1.69 bits per heavy atom. The van der Waals surface area contributed by atoms with Crippen LogP contribution in [0.25, 0.3) is 0 Å². The Bertz CT molecular complexity index is 724. The summed E-state index contributed by atoms with van der Waals surface area (Å²) in [5.41, 5.74) is 3.62.